The molecule has 322 valence electrons. The molecule has 0 heterocycles. The summed E-state index contributed by atoms with van der Waals surface area (Å²) < 4.78 is 22.7. The quantitative estimate of drug-likeness (QED) is 0.0436. The Labute approximate surface area is 365 Å². The predicted octanol–water partition coefficient (Wildman–Crippen LogP) is 6.96. The molecule has 0 aromatic heterocycles. The lowest BCUT2D eigenvalue weighted by Gasteiger charge is -2.21. The van der Waals surface area contributed by atoms with Crippen LogP contribution < -0.4 is 31.2 Å². The molecule has 13 heteroatoms. The Morgan fingerprint density at radius 2 is 1.16 bits per heavy atom. The van der Waals surface area contributed by atoms with Gasteiger partial charge in [0.15, 0.2) is 6.61 Å². The van der Waals surface area contributed by atoms with Gasteiger partial charge in [0.25, 0.3) is 11.8 Å². The number of hydrogen-bond donors (Lipinski definition) is 4. The third kappa shape index (κ3) is 14.6. The van der Waals surface area contributed by atoms with Crippen LogP contribution in [0, 0.1) is 0 Å². The van der Waals surface area contributed by atoms with Gasteiger partial charge in [-0.1, -0.05) is 121 Å². The third-order valence-corrected chi connectivity index (χ3v) is 9.61. The SMILES string of the molecule is Nc1cccc(C(=O)N[C@@H](Cc2ccc(OCc3ccccc3)cc2)C(=O)Nc2ccccc2OCC(=O)N[C@@H](CCC(=O)OCc2ccccc2)C(=O)OCc2ccccc2)c1. The van der Waals surface area contributed by atoms with E-state index >= 15 is 0 Å². The summed E-state index contributed by atoms with van der Waals surface area (Å²) in [5, 5.41) is 8.29. The molecule has 0 aliphatic carbocycles. The van der Waals surface area contributed by atoms with Gasteiger partial charge in [0, 0.05) is 24.1 Å². The van der Waals surface area contributed by atoms with Gasteiger partial charge in [-0.2, -0.15) is 0 Å². The van der Waals surface area contributed by atoms with Gasteiger partial charge in [-0.3, -0.25) is 19.2 Å². The van der Waals surface area contributed by atoms with Crippen LogP contribution in [0.5, 0.6) is 11.5 Å². The maximum atomic E-state index is 14.0. The van der Waals surface area contributed by atoms with E-state index < -0.39 is 48.4 Å². The maximum absolute atomic E-state index is 14.0. The van der Waals surface area contributed by atoms with Crippen LogP contribution in [0.25, 0.3) is 0 Å². The molecule has 0 aliphatic rings. The number of carbonyl (C=O) groups excluding carboxylic acids is 5. The molecule has 6 aromatic rings. The first-order valence-corrected chi connectivity index (χ1v) is 20.3. The first-order chi connectivity index (χ1) is 30.7. The van der Waals surface area contributed by atoms with E-state index in [1.165, 1.54) is 6.07 Å². The summed E-state index contributed by atoms with van der Waals surface area (Å²) >= 11 is 0. The molecular weight excluding hydrogens is 801 g/mol. The normalized spacial score (nSPS) is 11.6. The number of nitrogens with one attached hydrogen (secondary N) is 3. The van der Waals surface area contributed by atoms with Gasteiger partial charge < -0.3 is 40.6 Å². The van der Waals surface area contributed by atoms with E-state index in [2.05, 4.69) is 16.0 Å². The summed E-state index contributed by atoms with van der Waals surface area (Å²) in [7, 11) is 0. The van der Waals surface area contributed by atoms with E-state index in [9.17, 15) is 24.0 Å². The molecule has 0 saturated heterocycles. The van der Waals surface area contributed by atoms with Crippen LogP contribution in [-0.4, -0.2) is 48.4 Å². The molecule has 0 spiro atoms. The Balaban J connectivity index is 1.09. The van der Waals surface area contributed by atoms with Crippen molar-refractivity contribution in [3.63, 3.8) is 0 Å². The largest absolute Gasteiger partial charge is 0.489 e. The van der Waals surface area contributed by atoms with Crippen molar-refractivity contribution in [2.45, 2.75) is 51.2 Å². The van der Waals surface area contributed by atoms with Gasteiger partial charge in [-0.05, 0) is 71.1 Å². The molecular formula is C50H48N4O9. The minimum absolute atomic E-state index is 0.0383. The zero-order valence-corrected chi connectivity index (χ0v) is 34.4. The van der Waals surface area contributed by atoms with Crippen LogP contribution in [0.4, 0.5) is 11.4 Å². The highest BCUT2D eigenvalue weighted by atomic mass is 16.5. The van der Waals surface area contributed by atoms with Crippen molar-refractivity contribution in [2.24, 2.45) is 0 Å². The van der Waals surface area contributed by atoms with E-state index in [4.69, 9.17) is 24.7 Å². The summed E-state index contributed by atoms with van der Waals surface area (Å²) in [6, 6.07) is 45.8. The zero-order valence-electron chi connectivity index (χ0n) is 34.4. The Bertz CT molecular complexity index is 2430. The van der Waals surface area contributed by atoms with Gasteiger partial charge in [0.2, 0.25) is 5.91 Å². The minimum atomic E-state index is -1.20. The van der Waals surface area contributed by atoms with Crippen molar-refractivity contribution in [3.05, 3.63) is 192 Å². The van der Waals surface area contributed by atoms with Crippen LogP contribution in [0.1, 0.15) is 45.5 Å². The number of benzene rings is 6. The fourth-order valence-electron chi connectivity index (χ4n) is 6.27. The molecule has 2 atom stereocenters. The fraction of sp³-hybridized carbons (Fsp3) is 0.180. The van der Waals surface area contributed by atoms with E-state index in [0.29, 0.717) is 18.0 Å². The molecule has 0 bridgehead atoms. The monoisotopic (exact) mass is 848 g/mol. The fourth-order valence-corrected chi connectivity index (χ4v) is 6.27. The highest BCUT2D eigenvalue weighted by Crippen LogP contribution is 2.25. The predicted molar refractivity (Wildman–Crippen MR) is 237 cm³/mol. The van der Waals surface area contributed by atoms with E-state index in [1.807, 2.05) is 91.0 Å². The van der Waals surface area contributed by atoms with Gasteiger partial charge >= 0.3 is 11.9 Å². The van der Waals surface area contributed by atoms with Crippen molar-refractivity contribution < 1.29 is 42.9 Å². The summed E-state index contributed by atoms with van der Waals surface area (Å²) in [4.78, 5) is 66.6. The Hall–Kier alpha value is -7.93. The van der Waals surface area contributed by atoms with Crippen LogP contribution in [0.3, 0.4) is 0 Å². The van der Waals surface area contributed by atoms with Crippen molar-refractivity contribution in [2.75, 3.05) is 17.7 Å². The average Bonchev–Trinajstić information content (AvgIpc) is 3.31. The number of ether oxygens (including phenoxy) is 4. The molecule has 63 heavy (non-hydrogen) atoms. The summed E-state index contributed by atoms with van der Waals surface area (Å²) in [5.74, 6) is -2.25. The second-order valence-electron chi connectivity index (χ2n) is 14.4. The van der Waals surface area contributed by atoms with Gasteiger partial charge in [-0.25, -0.2) is 4.79 Å². The Kier molecular flexibility index (Phi) is 16.4. The van der Waals surface area contributed by atoms with Crippen LogP contribution in [0.15, 0.2) is 164 Å². The lowest BCUT2D eigenvalue weighted by Crippen LogP contribution is -2.45. The number of para-hydroxylation sites is 2. The molecule has 6 aromatic carbocycles. The standard InChI is InChI=1S/C50H48N4O9/c51-40-20-12-19-39(30-40)48(57)54-44(29-35-23-25-41(26-24-35)60-31-36-13-4-1-5-14-36)49(58)53-42-21-10-11-22-45(42)61-34-46(55)52-43(50(59)63-33-38-17-8-3-9-18-38)27-28-47(56)62-32-37-15-6-2-7-16-37/h1-26,30,43-44H,27-29,31-34,51H2,(H,52,55)(H,53,58)(H,54,57)/t43-,44-/m0/s1. The molecule has 0 saturated carbocycles. The van der Waals surface area contributed by atoms with Crippen LogP contribution in [-0.2, 0) is 54.9 Å². The molecule has 0 unspecified atom stereocenters. The van der Waals surface area contributed by atoms with E-state index in [-0.39, 0.29) is 49.5 Å². The number of hydrogen-bond acceptors (Lipinski definition) is 10. The molecule has 13 nitrogen and oxygen atoms in total. The molecule has 0 radical (unpaired) electrons. The van der Waals surface area contributed by atoms with Crippen LogP contribution >= 0.6 is 0 Å². The minimum Gasteiger partial charge on any atom is -0.489 e. The number of nitrogen functional groups attached to an aromatic ring is 1. The van der Waals surface area contributed by atoms with Gasteiger partial charge in [0.05, 0.1) is 5.69 Å². The topological polar surface area (TPSA) is 184 Å². The van der Waals surface area contributed by atoms with Gasteiger partial charge in [-0.15, -0.1) is 0 Å². The number of amides is 3. The molecule has 3 amide bonds. The van der Waals surface area contributed by atoms with E-state index in [0.717, 1.165) is 22.3 Å². The highest BCUT2D eigenvalue weighted by Gasteiger charge is 2.26. The zero-order chi connectivity index (χ0) is 44.2. The van der Waals surface area contributed by atoms with Crippen LogP contribution in [0.2, 0.25) is 0 Å². The first-order valence-electron chi connectivity index (χ1n) is 20.3. The van der Waals surface area contributed by atoms with E-state index in [1.54, 1.807) is 66.7 Å². The Morgan fingerprint density at radius 1 is 0.556 bits per heavy atom. The van der Waals surface area contributed by atoms with Crippen molar-refractivity contribution in [1.82, 2.24) is 10.6 Å². The number of carbonyl (C=O) groups is 5. The second-order valence-corrected chi connectivity index (χ2v) is 14.4. The summed E-state index contributed by atoms with van der Waals surface area (Å²) in [6.45, 7) is -0.143. The number of nitrogens with two attached hydrogens (primary N) is 1. The highest BCUT2D eigenvalue weighted by molar-refractivity contribution is 6.02. The molecule has 0 aliphatic heterocycles. The average molecular weight is 849 g/mol. The first kappa shape index (κ1) is 44.6. The number of rotatable bonds is 21. The smallest absolute Gasteiger partial charge is 0.328 e. The Morgan fingerprint density at radius 3 is 1.81 bits per heavy atom. The number of esters is 2. The van der Waals surface area contributed by atoms with Crippen molar-refractivity contribution in [1.29, 1.82) is 0 Å². The second kappa shape index (κ2) is 23.2. The molecule has 6 rings (SSSR count). The number of anilines is 2. The lowest BCUT2D eigenvalue weighted by atomic mass is 10.0. The molecule has 0 fully saturated rings. The lowest BCUT2D eigenvalue weighted by molar-refractivity contribution is -0.150. The maximum Gasteiger partial charge on any atom is 0.328 e. The molecule has 5 N–H and O–H groups in total. The van der Waals surface area contributed by atoms with Gasteiger partial charge in [0.1, 0.15) is 43.4 Å². The summed E-state index contributed by atoms with van der Waals surface area (Å²) in [5.41, 5.74) is 10.1. The summed E-state index contributed by atoms with van der Waals surface area (Å²) in [6.07, 6.45) is -0.146. The third-order valence-electron chi connectivity index (χ3n) is 9.61. The van der Waals surface area contributed by atoms with Crippen molar-refractivity contribution >= 4 is 41.0 Å². The van der Waals surface area contributed by atoms with Crippen molar-refractivity contribution in [3.8, 4) is 11.5 Å².